The highest BCUT2D eigenvalue weighted by molar-refractivity contribution is 7.93. The van der Waals surface area contributed by atoms with Crippen molar-refractivity contribution >= 4 is 44.0 Å². The molecule has 7 nitrogen and oxygen atoms in total. The molecule has 0 saturated heterocycles. The number of aryl methyl sites for hydroxylation is 1. The van der Waals surface area contributed by atoms with E-state index < -0.39 is 10.0 Å². The summed E-state index contributed by atoms with van der Waals surface area (Å²) >= 11 is 6.65. The van der Waals surface area contributed by atoms with Gasteiger partial charge in [0.2, 0.25) is 5.13 Å². The van der Waals surface area contributed by atoms with Gasteiger partial charge in [-0.2, -0.15) is 0 Å². The summed E-state index contributed by atoms with van der Waals surface area (Å²) in [6.07, 6.45) is 0. The third kappa shape index (κ3) is 2.52. The molecule has 2 rings (SSSR count). The molecule has 0 saturated carbocycles. The normalized spacial score (nSPS) is 11.4. The van der Waals surface area contributed by atoms with E-state index in [9.17, 15) is 8.42 Å². The number of nitrogens with two attached hydrogens (primary N) is 1. The fraction of sp³-hybridized carbons (Fsp3) is 0.125. The highest BCUT2D eigenvalue weighted by Crippen LogP contribution is 2.27. The van der Waals surface area contributed by atoms with Crippen LogP contribution in [0.4, 0.5) is 10.8 Å². The first-order chi connectivity index (χ1) is 8.40. The zero-order valence-corrected chi connectivity index (χ0v) is 11.5. The highest BCUT2D eigenvalue weighted by Gasteiger charge is 2.20. The zero-order valence-electron chi connectivity index (χ0n) is 9.08. The van der Waals surface area contributed by atoms with Gasteiger partial charge in [0.15, 0.2) is 0 Å². The van der Waals surface area contributed by atoms with E-state index in [0.29, 0.717) is 10.6 Å². The number of aromatic nitrogens is 3. The van der Waals surface area contributed by atoms with Crippen molar-refractivity contribution in [1.29, 1.82) is 0 Å². The molecule has 0 fully saturated rings. The number of halogens is 1. The Bertz CT molecular complexity index is 671. The lowest BCUT2D eigenvalue weighted by molar-refractivity contribution is 0.600. The van der Waals surface area contributed by atoms with Crippen molar-refractivity contribution in [2.45, 2.75) is 11.8 Å². The van der Waals surface area contributed by atoms with Gasteiger partial charge in [-0.1, -0.05) is 21.2 Å². The van der Waals surface area contributed by atoms with Crippen molar-refractivity contribution in [2.75, 3.05) is 10.5 Å². The molecular weight excluding hydrogens is 298 g/mol. The number of hydrogen-bond acceptors (Lipinski definition) is 7. The molecule has 1 aromatic carbocycles. The fourth-order valence-corrected chi connectivity index (χ4v) is 3.37. The van der Waals surface area contributed by atoms with Gasteiger partial charge in [0.25, 0.3) is 10.0 Å². The molecule has 2 aromatic rings. The molecule has 1 aromatic heterocycles. The summed E-state index contributed by atoms with van der Waals surface area (Å²) < 4.78 is 29.9. The minimum Gasteiger partial charge on any atom is -0.397 e. The first-order valence-electron chi connectivity index (χ1n) is 4.63. The molecule has 0 unspecified atom stereocenters. The molecule has 10 heteroatoms. The van der Waals surface area contributed by atoms with Crippen LogP contribution < -0.4 is 10.5 Å². The fourth-order valence-electron chi connectivity index (χ4n) is 1.30. The van der Waals surface area contributed by atoms with Crippen LogP contribution in [0.5, 0.6) is 0 Å². The lowest BCUT2D eigenvalue weighted by atomic mass is 10.2. The topological polar surface area (TPSA) is 111 Å². The largest absolute Gasteiger partial charge is 0.397 e. The van der Waals surface area contributed by atoms with E-state index in [1.54, 1.807) is 6.92 Å². The Kier molecular flexibility index (Phi) is 3.37. The van der Waals surface area contributed by atoms with Gasteiger partial charge in [0.05, 0.1) is 15.6 Å². The summed E-state index contributed by atoms with van der Waals surface area (Å²) in [4.78, 5) is 0.0413. The molecule has 0 aliphatic rings. The Morgan fingerprint density at radius 2 is 2.17 bits per heavy atom. The summed E-state index contributed by atoms with van der Waals surface area (Å²) in [6.45, 7) is 1.62. The number of nitrogens with one attached hydrogen (secondary N) is 1. The van der Waals surface area contributed by atoms with E-state index in [0.717, 1.165) is 11.5 Å². The van der Waals surface area contributed by atoms with Crippen LogP contribution in [0, 0.1) is 6.92 Å². The van der Waals surface area contributed by atoms with Crippen LogP contribution in [-0.4, -0.2) is 23.2 Å². The molecular formula is C8H8ClN5O2S2. The van der Waals surface area contributed by atoms with Crippen molar-refractivity contribution in [3.63, 3.8) is 0 Å². The molecule has 0 spiro atoms. The SMILES string of the molecule is Cc1cc(Cl)c(N)cc1S(=O)(=O)Nc1nnns1. The van der Waals surface area contributed by atoms with Crippen molar-refractivity contribution in [2.24, 2.45) is 0 Å². The number of nitrogen functional groups attached to an aromatic ring is 1. The maximum Gasteiger partial charge on any atom is 0.264 e. The quantitative estimate of drug-likeness (QED) is 0.826. The van der Waals surface area contributed by atoms with E-state index in [4.69, 9.17) is 17.3 Å². The second-order valence-electron chi connectivity index (χ2n) is 3.41. The lowest BCUT2D eigenvalue weighted by Gasteiger charge is -2.09. The monoisotopic (exact) mass is 305 g/mol. The van der Waals surface area contributed by atoms with Gasteiger partial charge in [-0.25, -0.2) is 8.42 Å². The van der Waals surface area contributed by atoms with Gasteiger partial charge in [-0.05, 0) is 29.8 Å². The Morgan fingerprint density at radius 3 is 2.78 bits per heavy atom. The van der Waals surface area contributed by atoms with Crippen molar-refractivity contribution in [1.82, 2.24) is 14.8 Å². The second-order valence-corrected chi connectivity index (χ2v) is 6.20. The molecule has 0 bridgehead atoms. The highest BCUT2D eigenvalue weighted by atomic mass is 35.5. The van der Waals surface area contributed by atoms with Crippen LogP contribution in [0.3, 0.4) is 0 Å². The summed E-state index contributed by atoms with van der Waals surface area (Å²) in [5.41, 5.74) is 6.28. The van der Waals surface area contributed by atoms with E-state index in [1.165, 1.54) is 12.1 Å². The molecule has 0 amide bonds. The number of anilines is 2. The molecule has 0 aliphatic heterocycles. The van der Waals surface area contributed by atoms with Gasteiger partial charge in [0.1, 0.15) is 0 Å². The number of nitrogens with zero attached hydrogens (tertiary/aromatic N) is 3. The number of hydrogen-bond donors (Lipinski definition) is 2. The first kappa shape index (κ1) is 13.0. The van der Waals surface area contributed by atoms with Crippen LogP contribution >= 0.6 is 23.1 Å². The second kappa shape index (κ2) is 4.67. The summed E-state index contributed by atoms with van der Waals surface area (Å²) in [5.74, 6) is 0. The molecule has 96 valence electrons. The summed E-state index contributed by atoms with van der Waals surface area (Å²) in [7, 11) is -3.77. The summed E-state index contributed by atoms with van der Waals surface area (Å²) in [5, 5.41) is 7.20. The molecule has 0 radical (unpaired) electrons. The van der Waals surface area contributed by atoms with Crippen LogP contribution in [-0.2, 0) is 10.0 Å². The smallest absolute Gasteiger partial charge is 0.264 e. The molecule has 1 heterocycles. The van der Waals surface area contributed by atoms with Crippen LogP contribution in [0.2, 0.25) is 5.02 Å². The average molecular weight is 306 g/mol. The maximum atomic E-state index is 12.1. The Labute approximate surface area is 112 Å². The number of rotatable bonds is 3. The van der Waals surface area contributed by atoms with Crippen LogP contribution in [0.15, 0.2) is 17.0 Å². The van der Waals surface area contributed by atoms with Gasteiger partial charge in [-0.3, -0.25) is 4.72 Å². The van der Waals surface area contributed by atoms with Crippen molar-refractivity contribution in [3.05, 3.63) is 22.7 Å². The van der Waals surface area contributed by atoms with Crippen molar-refractivity contribution < 1.29 is 8.42 Å². The maximum absolute atomic E-state index is 12.1. The number of sulfonamides is 1. The average Bonchev–Trinajstić information content (AvgIpc) is 2.75. The van der Waals surface area contributed by atoms with E-state index in [1.807, 2.05) is 0 Å². The lowest BCUT2D eigenvalue weighted by Crippen LogP contribution is -2.14. The number of benzene rings is 1. The van der Waals surface area contributed by atoms with Crippen LogP contribution in [0.1, 0.15) is 5.56 Å². The molecule has 3 N–H and O–H groups in total. The van der Waals surface area contributed by atoms with Gasteiger partial charge >= 0.3 is 0 Å². The first-order valence-corrected chi connectivity index (χ1v) is 7.27. The van der Waals surface area contributed by atoms with Gasteiger partial charge in [0, 0.05) is 11.5 Å². The molecule has 18 heavy (non-hydrogen) atoms. The van der Waals surface area contributed by atoms with Gasteiger partial charge < -0.3 is 5.73 Å². The standard InChI is InChI=1S/C8H8ClN5O2S2/c1-4-2-5(9)6(10)3-7(4)18(15,16)12-8-11-13-14-17-8/h2-3H,10H2,1H3,(H,11,12,14). The van der Waals surface area contributed by atoms with Crippen molar-refractivity contribution in [3.8, 4) is 0 Å². The Hall–Kier alpha value is -1.45. The third-order valence-corrected chi connectivity index (χ3v) is 4.55. The third-order valence-electron chi connectivity index (χ3n) is 2.10. The molecule has 0 atom stereocenters. The Morgan fingerprint density at radius 1 is 1.44 bits per heavy atom. The minimum atomic E-state index is -3.77. The van der Waals surface area contributed by atoms with Gasteiger partial charge in [-0.15, -0.1) is 0 Å². The van der Waals surface area contributed by atoms with E-state index in [2.05, 4.69) is 19.5 Å². The van der Waals surface area contributed by atoms with Crippen LogP contribution in [0.25, 0.3) is 0 Å². The zero-order chi connectivity index (χ0) is 13.3. The predicted molar refractivity (Wildman–Crippen MR) is 69.1 cm³/mol. The van der Waals surface area contributed by atoms with E-state index in [-0.39, 0.29) is 15.7 Å². The summed E-state index contributed by atoms with van der Waals surface area (Å²) in [6, 6.07) is 2.79. The van der Waals surface area contributed by atoms with E-state index >= 15 is 0 Å². The minimum absolute atomic E-state index is 0.0413. The Balaban J connectivity index is 2.44. The molecule has 0 aliphatic carbocycles. The predicted octanol–water partition coefficient (Wildman–Crippen LogP) is 1.28.